The van der Waals surface area contributed by atoms with Crippen LogP contribution in [0.25, 0.3) is 22.5 Å². The van der Waals surface area contributed by atoms with Crippen molar-refractivity contribution in [3.05, 3.63) is 36.8 Å². The van der Waals surface area contributed by atoms with Crippen LogP contribution in [0, 0.1) is 5.92 Å². The van der Waals surface area contributed by atoms with Gasteiger partial charge in [0.25, 0.3) is 0 Å². The number of nitrogens with one attached hydrogen (secondary N) is 1. The van der Waals surface area contributed by atoms with Crippen LogP contribution in [0.15, 0.2) is 36.8 Å². The lowest BCUT2D eigenvalue weighted by Gasteiger charge is -2.44. The number of aromatic hydroxyl groups is 1. The van der Waals surface area contributed by atoms with E-state index in [0.29, 0.717) is 17.8 Å². The highest BCUT2D eigenvalue weighted by Gasteiger charge is 2.53. The largest absolute Gasteiger partial charge is 0.507 e. The molecular formula is C24H27F2N7O2. The number of phenolic OH excluding ortho intramolecular Hbond substituents is 1. The quantitative estimate of drug-likeness (QED) is 0.508. The Morgan fingerprint density at radius 1 is 1.14 bits per heavy atom. The molecule has 3 aromatic rings. The SMILES string of the molecule is Cn1cc(-c2ccc(-c3ncc(N(C4CC4)[C@H]4C[C@@H]5CC(F)(F)CC4[C@H](O)N5)nn3)c(O)c2)cn1. The highest BCUT2D eigenvalue weighted by Crippen LogP contribution is 2.45. The van der Waals surface area contributed by atoms with Crippen LogP contribution in [0.1, 0.15) is 32.1 Å². The van der Waals surface area contributed by atoms with E-state index in [1.807, 2.05) is 24.2 Å². The molecule has 35 heavy (non-hydrogen) atoms. The number of hydrogen-bond acceptors (Lipinski definition) is 8. The third-order valence-electron chi connectivity index (χ3n) is 7.30. The van der Waals surface area contributed by atoms with Crippen LogP contribution in [-0.2, 0) is 7.05 Å². The number of hydrogen-bond donors (Lipinski definition) is 3. The van der Waals surface area contributed by atoms with Gasteiger partial charge < -0.3 is 15.1 Å². The van der Waals surface area contributed by atoms with Crippen LogP contribution in [0.3, 0.4) is 0 Å². The second-order valence-corrected chi connectivity index (χ2v) is 9.95. The summed E-state index contributed by atoms with van der Waals surface area (Å²) >= 11 is 0. The molecule has 2 bridgehead atoms. The first kappa shape index (κ1) is 22.3. The molecule has 9 nitrogen and oxygen atoms in total. The fourth-order valence-electron chi connectivity index (χ4n) is 5.57. The van der Waals surface area contributed by atoms with Crippen molar-refractivity contribution in [1.29, 1.82) is 0 Å². The van der Waals surface area contributed by atoms with Gasteiger partial charge in [0.1, 0.15) is 12.0 Å². The normalized spacial score (nSPS) is 27.5. The average Bonchev–Trinajstić information content (AvgIpc) is 3.58. The number of fused-ring (bicyclic) bond motifs is 4. The minimum absolute atomic E-state index is 0.0254. The van der Waals surface area contributed by atoms with Crippen LogP contribution in [0.5, 0.6) is 5.75 Å². The Hall–Kier alpha value is -3.18. The second kappa shape index (κ2) is 8.20. The number of anilines is 1. The maximum atomic E-state index is 14.4. The molecular weight excluding hydrogens is 456 g/mol. The first-order chi connectivity index (χ1) is 16.8. The van der Waals surface area contributed by atoms with Gasteiger partial charge in [-0.1, -0.05) is 6.07 Å². The number of halogens is 2. The number of phenols is 1. The Morgan fingerprint density at radius 2 is 1.97 bits per heavy atom. The summed E-state index contributed by atoms with van der Waals surface area (Å²) in [7, 11) is 1.83. The predicted octanol–water partition coefficient (Wildman–Crippen LogP) is 2.71. The smallest absolute Gasteiger partial charge is 0.250 e. The molecule has 4 aliphatic rings. The highest BCUT2D eigenvalue weighted by atomic mass is 19.3. The second-order valence-electron chi connectivity index (χ2n) is 9.95. The lowest BCUT2D eigenvalue weighted by Crippen LogP contribution is -2.58. The van der Waals surface area contributed by atoms with Gasteiger partial charge in [-0.3, -0.25) is 10.00 Å². The van der Waals surface area contributed by atoms with Gasteiger partial charge in [0.05, 0.1) is 18.0 Å². The van der Waals surface area contributed by atoms with Crippen molar-refractivity contribution in [3.8, 4) is 28.3 Å². The molecule has 4 heterocycles. The molecule has 0 radical (unpaired) electrons. The number of aromatic nitrogens is 5. The number of rotatable bonds is 5. The molecule has 4 fully saturated rings. The topological polar surface area (TPSA) is 112 Å². The van der Waals surface area contributed by atoms with Crippen molar-refractivity contribution >= 4 is 5.82 Å². The first-order valence-corrected chi connectivity index (χ1v) is 11.9. The van der Waals surface area contributed by atoms with E-state index in [4.69, 9.17) is 0 Å². The van der Waals surface area contributed by atoms with Crippen LogP contribution >= 0.6 is 0 Å². The van der Waals surface area contributed by atoms with Gasteiger partial charge in [0, 0.05) is 55.7 Å². The zero-order chi connectivity index (χ0) is 24.3. The lowest BCUT2D eigenvalue weighted by atomic mass is 9.87. The summed E-state index contributed by atoms with van der Waals surface area (Å²) in [6.45, 7) is 0. The summed E-state index contributed by atoms with van der Waals surface area (Å²) in [5.74, 6) is -2.62. The van der Waals surface area contributed by atoms with Crippen molar-refractivity contribution in [1.82, 2.24) is 30.3 Å². The molecule has 7 rings (SSSR count). The van der Waals surface area contributed by atoms with Crippen LogP contribution in [0.4, 0.5) is 14.6 Å². The van der Waals surface area contributed by atoms with E-state index in [1.165, 1.54) is 0 Å². The average molecular weight is 484 g/mol. The molecule has 3 N–H and O–H groups in total. The minimum Gasteiger partial charge on any atom is -0.507 e. The predicted molar refractivity (Wildman–Crippen MR) is 124 cm³/mol. The lowest BCUT2D eigenvalue weighted by molar-refractivity contribution is -0.0347. The Kier molecular flexibility index (Phi) is 5.22. The van der Waals surface area contributed by atoms with Gasteiger partial charge in [-0.2, -0.15) is 5.10 Å². The number of aryl methyl sites for hydroxylation is 1. The van der Waals surface area contributed by atoms with Crippen molar-refractivity contribution in [2.75, 3.05) is 4.90 Å². The monoisotopic (exact) mass is 483 g/mol. The Morgan fingerprint density at radius 3 is 2.63 bits per heavy atom. The number of nitrogens with zero attached hydrogens (tertiary/aromatic N) is 6. The van der Waals surface area contributed by atoms with Crippen molar-refractivity contribution in [3.63, 3.8) is 0 Å². The minimum atomic E-state index is -2.81. The fourth-order valence-corrected chi connectivity index (χ4v) is 5.57. The maximum absolute atomic E-state index is 14.4. The van der Waals surface area contributed by atoms with E-state index in [9.17, 15) is 19.0 Å². The molecule has 2 aromatic heterocycles. The fraction of sp³-hybridized carbons (Fsp3) is 0.500. The summed E-state index contributed by atoms with van der Waals surface area (Å²) in [5.41, 5.74) is 2.14. The molecule has 2 saturated heterocycles. The Labute approximate surface area is 200 Å². The highest BCUT2D eigenvalue weighted by molar-refractivity contribution is 5.72. The third kappa shape index (κ3) is 4.23. The Bertz CT molecular complexity index is 1230. The van der Waals surface area contributed by atoms with Crippen LogP contribution in [0.2, 0.25) is 0 Å². The summed E-state index contributed by atoms with van der Waals surface area (Å²) in [4.78, 5) is 6.50. The molecule has 4 atom stereocenters. The molecule has 2 saturated carbocycles. The number of benzene rings is 1. The Balaban J connectivity index is 1.28. The van der Waals surface area contributed by atoms with Crippen molar-refractivity contribution in [2.24, 2.45) is 13.0 Å². The standard InChI is InChI=1S/C24H27F2N7O2/c1-32-12-14(10-28-32)13-2-5-17(20(34)6-13)22-27-11-21(30-31-22)33(16-3-4-16)19-7-15-8-24(25,26)9-18(19)23(35)29-15/h2,5-6,10-12,15-16,18-19,23,29,34-35H,3-4,7-9H2,1H3/t15-,18?,19+,23+/m1/s1. The molecule has 2 aliphatic carbocycles. The zero-order valence-electron chi connectivity index (χ0n) is 19.2. The van der Waals surface area contributed by atoms with E-state index in [2.05, 4.69) is 25.6 Å². The van der Waals surface area contributed by atoms with E-state index in [1.54, 1.807) is 29.2 Å². The van der Waals surface area contributed by atoms with Gasteiger partial charge in [-0.25, -0.2) is 13.8 Å². The summed E-state index contributed by atoms with van der Waals surface area (Å²) in [5, 5.41) is 36.9. The molecule has 1 unspecified atom stereocenters. The summed E-state index contributed by atoms with van der Waals surface area (Å²) in [6, 6.07) is 4.68. The van der Waals surface area contributed by atoms with Gasteiger partial charge in [0.15, 0.2) is 11.6 Å². The van der Waals surface area contributed by atoms with Gasteiger partial charge in [-0.05, 0) is 37.0 Å². The van der Waals surface area contributed by atoms with Crippen molar-refractivity contribution < 1.29 is 19.0 Å². The third-order valence-corrected chi connectivity index (χ3v) is 7.30. The zero-order valence-corrected chi connectivity index (χ0v) is 19.2. The van der Waals surface area contributed by atoms with Gasteiger partial charge >= 0.3 is 0 Å². The molecule has 2 aliphatic heterocycles. The molecule has 11 heteroatoms. The summed E-state index contributed by atoms with van der Waals surface area (Å²) in [6.07, 6.45) is 5.94. The molecule has 0 spiro atoms. The van der Waals surface area contributed by atoms with Crippen molar-refractivity contribution in [2.45, 2.75) is 62.4 Å². The molecule has 184 valence electrons. The van der Waals surface area contributed by atoms with Crippen LogP contribution < -0.4 is 10.2 Å². The van der Waals surface area contributed by atoms with Gasteiger partial charge in [-0.15, -0.1) is 10.2 Å². The van der Waals surface area contributed by atoms with Gasteiger partial charge in [0.2, 0.25) is 5.92 Å². The number of aliphatic hydroxyl groups excluding tert-OH is 1. The molecule has 1 aromatic carbocycles. The van der Waals surface area contributed by atoms with Crippen LogP contribution in [-0.4, -0.2) is 65.5 Å². The first-order valence-electron chi connectivity index (χ1n) is 11.9. The summed E-state index contributed by atoms with van der Waals surface area (Å²) < 4.78 is 30.5. The number of alkyl halides is 2. The maximum Gasteiger partial charge on any atom is 0.250 e. The van der Waals surface area contributed by atoms with E-state index >= 15 is 0 Å². The van der Waals surface area contributed by atoms with E-state index in [-0.39, 0.29) is 36.5 Å². The van der Waals surface area contributed by atoms with E-state index in [0.717, 1.165) is 24.0 Å². The number of aliphatic hydroxyl groups is 1. The number of piperidine rings is 1. The van der Waals surface area contributed by atoms with E-state index < -0.39 is 24.1 Å². The molecule has 0 amide bonds.